The maximum atomic E-state index is 13.2. The largest absolute Gasteiger partial charge is 0.480 e. The van der Waals surface area contributed by atoms with Gasteiger partial charge < -0.3 is 40.8 Å². The Kier molecular flexibility index (Phi) is 20.7. The third-order valence-electron chi connectivity index (χ3n) is 10.1. The molecule has 322 valence electrons. The zero-order chi connectivity index (χ0) is 40.8. The van der Waals surface area contributed by atoms with Crippen LogP contribution in [0.4, 0.5) is 0 Å². The molecule has 3 heterocycles. The third kappa shape index (κ3) is 14.0. The molecule has 3 fully saturated rings. The quantitative estimate of drug-likeness (QED) is 0.142. The smallest absolute Gasteiger partial charge is 0.326 e. The molecule has 2 amide bonds. The molecule has 1 spiro atoms. The number of likely N-dealkylation sites (tertiary alicyclic amines) is 2. The summed E-state index contributed by atoms with van der Waals surface area (Å²) in [4.78, 5) is 75.6. The van der Waals surface area contributed by atoms with Crippen molar-refractivity contribution in [2.24, 2.45) is 0 Å². The molecule has 6 atom stereocenters. The minimum Gasteiger partial charge on any atom is -0.480 e. The van der Waals surface area contributed by atoms with Gasteiger partial charge in [0.2, 0.25) is 11.8 Å². The Bertz CT molecular complexity index is 1650. The molecule has 58 heavy (non-hydrogen) atoms. The van der Waals surface area contributed by atoms with Gasteiger partial charge in [0.15, 0.2) is 0 Å². The van der Waals surface area contributed by atoms with Crippen LogP contribution in [-0.2, 0) is 46.3 Å². The molecule has 0 unspecified atom stereocenters. The van der Waals surface area contributed by atoms with E-state index in [4.69, 9.17) is 4.74 Å². The summed E-state index contributed by atoms with van der Waals surface area (Å²) in [5.41, 5.74) is 2.13. The number of esters is 1. The van der Waals surface area contributed by atoms with Crippen molar-refractivity contribution >= 4 is 59.2 Å². The number of hydrogen-bond donors (Lipinski definition) is 5. The average molecular weight is 851 g/mol. The first-order chi connectivity index (χ1) is 26.7. The van der Waals surface area contributed by atoms with Crippen molar-refractivity contribution < 1.29 is 59.8 Å². The molecule has 3 aliphatic heterocycles. The Labute approximate surface area is 347 Å². The number of hydrogen-bond acceptors (Lipinski definition) is 11. The van der Waals surface area contributed by atoms with E-state index in [-0.39, 0.29) is 33.5 Å². The van der Waals surface area contributed by atoms with E-state index in [9.17, 15) is 44.1 Å². The first kappa shape index (κ1) is 49.9. The topological polar surface area (TPSA) is 266 Å². The van der Waals surface area contributed by atoms with Crippen LogP contribution in [0.1, 0.15) is 64.0 Å². The lowest BCUT2D eigenvalue weighted by atomic mass is 10.0. The molecule has 0 radical (unpaired) electrons. The fourth-order valence-electron chi connectivity index (χ4n) is 7.23. The molecule has 16 nitrogen and oxygen atoms in total. The molecule has 0 bridgehead atoms. The number of benzene rings is 2. The van der Waals surface area contributed by atoms with Gasteiger partial charge in [0.25, 0.3) is 0 Å². The van der Waals surface area contributed by atoms with Gasteiger partial charge in [-0.25, -0.2) is 9.59 Å². The van der Waals surface area contributed by atoms with E-state index in [1.165, 1.54) is 9.80 Å². The number of rotatable bonds is 17. The fourth-order valence-corrected chi connectivity index (χ4v) is 10.5. The first-order valence-electron chi connectivity index (χ1n) is 19.1. The van der Waals surface area contributed by atoms with Crippen LogP contribution in [0.5, 0.6) is 0 Å². The van der Waals surface area contributed by atoms with Gasteiger partial charge >= 0.3 is 23.9 Å². The molecule has 2 aromatic carbocycles. The van der Waals surface area contributed by atoms with E-state index >= 15 is 0 Å². The third-order valence-corrected chi connectivity index (χ3v) is 13.6. The molecular formula is C40H58N4O12S2. The van der Waals surface area contributed by atoms with Gasteiger partial charge in [0, 0.05) is 31.0 Å². The number of nitrogens with zero attached hydrogens (tertiary/aromatic N) is 2. The summed E-state index contributed by atoms with van der Waals surface area (Å²) in [6, 6.07) is 14.7. The molecule has 18 heteroatoms. The summed E-state index contributed by atoms with van der Waals surface area (Å²) in [7, 11) is 0. The Morgan fingerprint density at radius 3 is 1.72 bits per heavy atom. The summed E-state index contributed by atoms with van der Waals surface area (Å²) in [5, 5.41) is 34.2. The van der Waals surface area contributed by atoms with Gasteiger partial charge in [0.1, 0.15) is 24.2 Å². The summed E-state index contributed by atoms with van der Waals surface area (Å²) in [6.45, 7) is 6.09. The first-order valence-corrected chi connectivity index (χ1v) is 21.1. The summed E-state index contributed by atoms with van der Waals surface area (Å²) >= 11 is 3.50. The predicted octanol–water partition coefficient (Wildman–Crippen LogP) is 1.87. The van der Waals surface area contributed by atoms with Crippen molar-refractivity contribution in [3.8, 4) is 0 Å². The van der Waals surface area contributed by atoms with Crippen LogP contribution in [0.3, 0.4) is 0 Å². The van der Waals surface area contributed by atoms with Crippen LogP contribution in [0, 0.1) is 0 Å². The number of carbonyl (C=O) groups excluding carboxylic acids is 3. The van der Waals surface area contributed by atoms with Gasteiger partial charge in [-0.3, -0.25) is 29.8 Å². The predicted molar refractivity (Wildman–Crippen MR) is 222 cm³/mol. The highest BCUT2D eigenvalue weighted by atomic mass is 32.2. The fraction of sp³-hybridized carbons (Fsp3) is 0.550. The Morgan fingerprint density at radius 2 is 1.24 bits per heavy atom. The standard InChI is InChI=1S/C22H30N2O5S2.C18H24N2O5.2H2O/c1-3-29-21(28)17(10-9-16-7-5-4-6-8-16)23-15(2)19(25)24-14-22(30-11-12-31-22)13-18(24)20(26)27;1-12(16(21)20-11-5-8-15(20)18(24)25)19-14(17(22)23)10-9-13-6-3-2-4-7-13;;/h4-8,15,17-18,23H,3,9-14H2,1-2H3,(H,26,27);2-4,6-7,12,14-15,19H,5,8-11H2,1H3,(H,22,23)(H,24,25);2*1H2/t15-,17-,18-;12-,14-,15-;;/m00../s1. The molecule has 5 rings (SSSR count). The average Bonchev–Trinajstić information content (AvgIpc) is 3.96. The lowest BCUT2D eigenvalue weighted by Crippen LogP contribution is -2.53. The highest BCUT2D eigenvalue weighted by molar-refractivity contribution is 8.21. The van der Waals surface area contributed by atoms with Crippen molar-refractivity contribution in [2.45, 2.75) is 106 Å². The van der Waals surface area contributed by atoms with E-state index in [0.29, 0.717) is 58.0 Å². The number of amides is 2. The van der Waals surface area contributed by atoms with Gasteiger partial charge in [-0.15, -0.1) is 23.5 Å². The molecule has 2 aromatic rings. The molecule has 9 N–H and O–H groups in total. The molecule has 3 saturated heterocycles. The number of nitrogens with one attached hydrogen (secondary N) is 2. The summed E-state index contributed by atoms with van der Waals surface area (Å²) < 4.78 is 4.98. The Hall–Kier alpha value is -4.20. The maximum Gasteiger partial charge on any atom is 0.326 e. The van der Waals surface area contributed by atoms with Crippen molar-refractivity contribution in [3.05, 3.63) is 71.8 Å². The molecular weight excluding hydrogens is 793 g/mol. The van der Waals surface area contributed by atoms with E-state index in [0.717, 1.165) is 22.6 Å². The van der Waals surface area contributed by atoms with Crippen LogP contribution in [0.15, 0.2) is 60.7 Å². The van der Waals surface area contributed by atoms with Crippen LogP contribution in [0.2, 0.25) is 0 Å². The normalized spacial score (nSPS) is 20.0. The SMILES string of the molecule is CCOC(=O)[C@H](CCc1ccccc1)N[C@@H](C)C(=O)N1CC2(C[C@H]1C(=O)O)SCCS2.C[C@H](N[C@@H](CCc1ccccc1)C(=O)O)C(=O)N1CCC[C@H]1C(=O)O.O.O. The lowest BCUT2D eigenvalue weighted by Gasteiger charge is -2.28. The van der Waals surface area contributed by atoms with E-state index in [1.54, 1.807) is 44.3 Å². The van der Waals surface area contributed by atoms with Gasteiger partial charge in [-0.2, -0.15) is 0 Å². The van der Waals surface area contributed by atoms with Crippen molar-refractivity contribution in [3.63, 3.8) is 0 Å². The maximum absolute atomic E-state index is 13.2. The van der Waals surface area contributed by atoms with Crippen LogP contribution < -0.4 is 10.6 Å². The molecule has 0 saturated carbocycles. The van der Waals surface area contributed by atoms with Crippen LogP contribution >= 0.6 is 23.5 Å². The number of aliphatic carboxylic acids is 3. The lowest BCUT2D eigenvalue weighted by molar-refractivity contribution is -0.150. The minimum absolute atomic E-state index is 0. The number of thioether (sulfide) groups is 2. The number of carboxylic acid groups (broad SMARTS) is 3. The van der Waals surface area contributed by atoms with Gasteiger partial charge in [0.05, 0.1) is 22.8 Å². The van der Waals surface area contributed by atoms with Gasteiger partial charge in [-0.05, 0) is 70.4 Å². The monoisotopic (exact) mass is 850 g/mol. The van der Waals surface area contributed by atoms with Crippen molar-refractivity contribution in [1.29, 1.82) is 0 Å². The van der Waals surface area contributed by atoms with Crippen molar-refractivity contribution in [1.82, 2.24) is 20.4 Å². The van der Waals surface area contributed by atoms with Gasteiger partial charge in [-0.1, -0.05) is 60.7 Å². The molecule has 0 aliphatic carbocycles. The number of carboxylic acids is 3. The van der Waals surface area contributed by atoms with Crippen molar-refractivity contribution in [2.75, 3.05) is 31.2 Å². The summed E-state index contributed by atoms with van der Waals surface area (Å²) in [5.74, 6) is -2.12. The number of carbonyl (C=O) groups is 6. The molecule has 3 aliphatic rings. The van der Waals surface area contributed by atoms with E-state index in [1.807, 2.05) is 60.7 Å². The van der Waals surface area contributed by atoms with E-state index < -0.39 is 60.1 Å². The van der Waals surface area contributed by atoms with Crippen LogP contribution in [-0.4, -0.2) is 143 Å². The zero-order valence-corrected chi connectivity index (χ0v) is 34.8. The highest BCUT2D eigenvalue weighted by Gasteiger charge is 2.52. The second kappa shape index (κ2) is 24.0. The summed E-state index contributed by atoms with van der Waals surface area (Å²) in [6.07, 6.45) is 3.60. The van der Waals surface area contributed by atoms with E-state index in [2.05, 4.69) is 10.6 Å². The number of aryl methyl sites for hydroxylation is 2. The Balaban J connectivity index is 0.000000395. The van der Waals surface area contributed by atoms with Crippen LogP contribution in [0.25, 0.3) is 0 Å². The molecule has 0 aromatic heterocycles. The Morgan fingerprint density at radius 1 is 0.759 bits per heavy atom. The zero-order valence-electron chi connectivity index (χ0n) is 33.1. The minimum atomic E-state index is -1.02. The second-order valence-electron chi connectivity index (χ2n) is 14.2. The number of ether oxygens (including phenoxy) is 1. The second-order valence-corrected chi connectivity index (χ2v) is 17.4. The highest BCUT2D eigenvalue weighted by Crippen LogP contribution is 2.51.